The molecule has 0 radical (unpaired) electrons. The minimum atomic E-state index is -0.365. The summed E-state index contributed by atoms with van der Waals surface area (Å²) in [6.45, 7) is 0. The molecule has 2 aromatic carbocycles. The molecule has 3 aromatic rings. The third kappa shape index (κ3) is 2.42. The number of benzene rings is 2. The van der Waals surface area contributed by atoms with E-state index in [-0.39, 0.29) is 5.69 Å². The van der Waals surface area contributed by atoms with Gasteiger partial charge in [0.05, 0.1) is 6.21 Å². The molecular weight excluding hydrogens is 252 g/mol. The van der Waals surface area contributed by atoms with E-state index < -0.39 is 0 Å². The Bertz CT molecular complexity index is 772. The van der Waals surface area contributed by atoms with Gasteiger partial charge < -0.3 is 0 Å². The largest absolute Gasteiger partial charge is 0.364 e. The summed E-state index contributed by atoms with van der Waals surface area (Å²) in [5, 5.41) is 10.6. The van der Waals surface area contributed by atoms with Gasteiger partial charge in [-0.15, -0.1) is 0 Å². The third-order valence-electron chi connectivity index (χ3n) is 2.80. The van der Waals surface area contributed by atoms with Crippen LogP contribution >= 0.6 is 0 Å². The van der Waals surface area contributed by atoms with Crippen LogP contribution in [0.15, 0.2) is 70.6 Å². The molecular formula is C15H12N4O. The van der Waals surface area contributed by atoms with Crippen molar-refractivity contribution in [2.75, 3.05) is 0 Å². The van der Waals surface area contributed by atoms with Gasteiger partial charge in [0.1, 0.15) is 0 Å². The molecule has 0 aliphatic rings. The normalized spacial score (nSPS) is 11.0. The van der Waals surface area contributed by atoms with Crippen LogP contribution in [0.3, 0.4) is 0 Å². The van der Waals surface area contributed by atoms with Crippen LogP contribution in [0.25, 0.3) is 11.4 Å². The lowest BCUT2D eigenvalue weighted by molar-refractivity contribution is 0.842. The van der Waals surface area contributed by atoms with Crippen LogP contribution in [0.1, 0.15) is 5.56 Å². The van der Waals surface area contributed by atoms with Crippen molar-refractivity contribution >= 4 is 6.21 Å². The van der Waals surface area contributed by atoms with Crippen LogP contribution in [0.4, 0.5) is 0 Å². The molecule has 0 aliphatic heterocycles. The molecule has 0 atom stereocenters. The number of hydrogen-bond acceptors (Lipinski definition) is 3. The summed E-state index contributed by atoms with van der Waals surface area (Å²) in [6.07, 6.45) is 1.63. The zero-order valence-electron chi connectivity index (χ0n) is 10.6. The van der Waals surface area contributed by atoms with E-state index in [1.807, 2.05) is 60.7 Å². The molecule has 1 N–H and O–H groups in total. The zero-order valence-corrected chi connectivity index (χ0v) is 10.6. The summed E-state index contributed by atoms with van der Waals surface area (Å²) in [7, 11) is 0. The Kier molecular flexibility index (Phi) is 3.24. The summed E-state index contributed by atoms with van der Waals surface area (Å²) < 4.78 is 1.25. The monoisotopic (exact) mass is 264 g/mol. The average Bonchev–Trinajstić information content (AvgIpc) is 2.88. The first kappa shape index (κ1) is 12.1. The van der Waals surface area contributed by atoms with Crippen molar-refractivity contribution < 1.29 is 0 Å². The van der Waals surface area contributed by atoms with Crippen molar-refractivity contribution in [1.29, 1.82) is 0 Å². The van der Waals surface area contributed by atoms with Gasteiger partial charge in [0, 0.05) is 5.56 Å². The Labute approximate surface area is 115 Å². The second-order valence-electron chi connectivity index (χ2n) is 4.19. The first-order valence-corrected chi connectivity index (χ1v) is 6.17. The standard InChI is InChI=1S/C15H12N4O/c20-15-18-17-14(13-9-5-2-6-10-13)19(15)16-11-12-7-3-1-4-8-12/h1-11H,(H,18,20). The van der Waals surface area contributed by atoms with Crippen molar-refractivity contribution in [3.63, 3.8) is 0 Å². The molecule has 20 heavy (non-hydrogen) atoms. The molecule has 0 fully saturated rings. The van der Waals surface area contributed by atoms with Crippen LogP contribution in [0, 0.1) is 0 Å². The molecule has 98 valence electrons. The quantitative estimate of drug-likeness (QED) is 0.736. The first-order chi connectivity index (χ1) is 9.84. The fourth-order valence-electron chi connectivity index (χ4n) is 1.84. The molecule has 0 aliphatic carbocycles. The molecule has 0 unspecified atom stereocenters. The summed E-state index contributed by atoms with van der Waals surface area (Å²) >= 11 is 0. The van der Waals surface area contributed by atoms with Gasteiger partial charge in [0.25, 0.3) is 0 Å². The number of aromatic amines is 1. The van der Waals surface area contributed by atoms with Gasteiger partial charge in [-0.25, -0.2) is 9.89 Å². The minimum Gasteiger partial charge on any atom is -0.244 e. The fraction of sp³-hybridized carbons (Fsp3) is 0. The Morgan fingerprint density at radius 2 is 1.65 bits per heavy atom. The molecule has 5 nitrogen and oxygen atoms in total. The summed E-state index contributed by atoms with van der Waals surface area (Å²) in [4.78, 5) is 11.8. The van der Waals surface area contributed by atoms with Gasteiger partial charge in [0.2, 0.25) is 0 Å². The molecule has 3 rings (SSSR count). The lowest BCUT2D eigenvalue weighted by atomic mass is 10.2. The predicted molar refractivity (Wildman–Crippen MR) is 77.7 cm³/mol. The van der Waals surface area contributed by atoms with Crippen LogP contribution < -0.4 is 5.69 Å². The highest BCUT2D eigenvalue weighted by molar-refractivity contribution is 5.79. The Morgan fingerprint density at radius 3 is 2.35 bits per heavy atom. The molecule has 5 heteroatoms. The van der Waals surface area contributed by atoms with E-state index in [2.05, 4.69) is 15.3 Å². The number of H-pyrrole nitrogens is 1. The van der Waals surface area contributed by atoms with Crippen molar-refractivity contribution in [3.05, 3.63) is 76.7 Å². The highest BCUT2D eigenvalue weighted by Crippen LogP contribution is 2.13. The third-order valence-corrected chi connectivity index (χ3v) is 2.80. The van der Waals surface area contributed by atoms with E-state index in [9.17, 15) is 4.79 Å². The van der Waals surface area contributed by atoms with E-state index in [1.165, 1.54) is 4.68 Å². The topological polar surface area (TPSA) is 63.0 Å². The first-order valence-electron chi connectivity index (χ1n) is 6.17. The highest BCUT2D eigenvalue weighted by atomic mass is 16.2. The van der Waals surface area contributed by atoms with E-state index in [0.717, 1.165) is 11.1 Å². The number of aromatic nitrogens is 3. The SMILES string of the molecule is O=c1[nH]nc(-c2ccccc2)n1N=Cc1ccccc1. The van der Waals surface area contributed by atoms with Gasteiger partial charge in [-0.05, 0) is 5.56 Å². The lowest BCUT2D eigenvalue weighted by Gasteiger charge is -1.99. The van der Waals surface area contributed by atoms with Crippen LogP contribution in [0.2, 0.25) is 0 Å². The molecule has 0 bridgehead atoms. The number of nitrogens with one attached hydrogen (secondary N) is 1. The summed E-state index contributed by atoms with van der Waals surface area (Å²) in [5.41, 5.74) is 1.38. The second kappa shape index (κ2) is 5.36. The molecule has 1 aromatic heterocycles. The smallest absolute Gasteiger partial charge is 0.244 e. The van der Waals surface area contributed by atoms with Crippen molar-refractivity contribution in [2.24, 2.45) is 5.10 Å². The minimum absolute atomic E-state index is 0.365. The van der Waals surface area contributed by atoms with Gasteiger partial charge in [-0.2, -0.15) is 14.9 Å². The number of nitrogens with zero attached hydrogens (tertiary/aromatic N) is 3. The fourth-order valence-corrected chi connectivity index (χ4v) is 1.84. The molecule has 0 amide bonds. The Morgan fingerprint density at radius 1 is 1.00 bits per heavy atom. The molecule has 0 saturated heterocycles. The van der Waals surface area contributed by atoms with Crippen LogP contribution in [0.5, 0.6) is 0 Å². The van der Waals surface area contributed by atoms with Gasteiger partial charge >= 0.3 is 5.69 Å². The summed E-state index contributed by atoms with van der Waals surface area (Å²) in [6, 6.07) is 19.0. The lowest BCUT2D eigenvalue weighted by Crippen LogP contribution is -2.13. The zero-order chi connectivity index (χ0) is 13.8. The molecule has 0 saturated carbocycles. The van der Waals surface area contributed by atoms with Crippen molar-refractivity contribution in [3.8, 4) is 11.4 Å². The average molecular weight is 264 g/mol. The van der Waals surface area contributed by atoms with E-state index >= 15 is 0 Å². The van der Waals surface area contributed by atoms with Crippen LogP contribution in [-0.2, 0) is 0 Å². The van der Waals surface area contributed by atoms with E-state index in [0.29, 0.717) is 5.82 Å². The molecule has 0 spiro atoms. The van der Waals surface area contributed by atoms with E-state index in [4.69, 9.17) is 0 Å². The molecule has 1 heterocycles. The van der Waals surface area contributed by atoms with Crippen molar-refractivity contribution in [2.45, 2.75) is 0 Å². The van der Waals surface area contributed by atoms with Crippen molar-refractivity contribution in [1.82, 2.24) is 14.9 Å². The Balaban J connectivity index is 2.01. The maximum atomic E-state index is 11.8. The second-order valence-corrected chi connectivity index (χ2v) is 4.19. The van der Waals surface area contributed by atoms with Gasteiger partial charge in [-0.3, -0.25) is 0 Å². The maximum Gasteiger partial charge on any atom is 0.364 e. The summed E-state index contributed by atoms with van der Waals surface area (Å²) in [5.74, 6) is 0.489. The predicted octanol–water partition coefficient (Wildman–Crippen LogP) is 2.12. The van der Waals surface area contributed by atoms with E-state index in [1.54, 1.807) is 6.21 Å². The highest BCUT2D eigenvalue weighted by Gasteiger charge is 2.08. The van der Waals surface area contributed by atoms with Crippen LogP contribution in [-0.4, -0.2) is 21.1 Å². The number of hydrogen-bond donors (Lipinski definition) is 1. The number of rotatable bonds is 3. The van der Waals surface area contributed by atoms with Gasteiger partial charge in [0.15, 0.2) is 5.82 Å². The van der Waals surface area contributed by atoms with Gasteiger partial charge in [-0.1, -0.05) is 60.7 Å². The maximum absolute atomic E-state index is 11.8. The Hall–Kier alpha value is -2.95.